The van der Waals surface area contributed by atoms with Crippen LogP contribution in [0, 0.1) is 11.6 Å². The van der Waals surface area contributed by atoms with Crippen molar-refractivity contribution < 1.29 is 23.1 Å². The lowest BCUT2D eigenvalue weighted by molar-refractivity contribution is 0.0379. The van der Waals surface area contributed by atoms with E-state index in [1.807, 2.05) is 12.1 Å². The van der Waals surface area contributed by atoms with Gasteiger partial charge in [0.05, 0.1) is 23.9 Å². The normalized spacial score (nSPS) is 12.8. The van der Waals surface area contributed by atoms with Crippen molar-refractivity contribution in [3.05, 3.63) is 89.1 Å². The predicted octanol–water partition coefficient (Wildman–Crippen LogP) is 5.14. The maximum absolute atomic E-state index is 13.9. The van der Waals surface area contributed by atoms with Gasteiger partial charge in [0.2, 0.25) is 0 Å². The Labute approximate surface area is 199 Å². The molecular formula is C26H20F2N4O3. The minimum atomic E-state index is -0.989. The third kappa shape index (κ3) is 4.16. The van der Waals surface area contributed by atoms with Gasteiger partial charge >= 0.3 is 5.97 Å². The van der Waals surface area contributed by atoms with Crippen LogP contribution in [0.4, 0.5) is 14.5 Å². The van der Waals surface area contributed by atoms with Crippen LogP contribution in [0.25, 0.3) is 22.4 Å². The molecule has 0 aliphatic carbocycles. The number of hydrogen-bond acceptors (Lipinski definition) is 5. The summed E-state index contributed by atoms with van der Waals surface area (Å²) in [6.45, 7) is 3.70. The molecule has 0 saturated carbocycles. The van der Waals surface area contributed by atoms with Crippen LogP contribution in [-0.4, -0.2) is 33.4 Å². The van der Waals surface area contributed by atoms with E-state index in [-0.39, 0.29) is 24.1 Å². The monoisotopic (exact) mass is 474 g/mol. The fourth-order valence-corrected chi connectivity index (χ4v) is 4.06. The average molecular weight is 474 g/mol. The first-order valence-corrected chi connectivity index (χ1v) is 10.9. The van der Waals surface area contributed by atoms with Gasteiger partial charge in [-0.25, -0.2) is 13.6 Å². The summed E-state index contributed by atoms with van der Waals surface area (Å²) >= 11 is 0. The highest BCUT2D eigenvalue weighted by molar-refractivity contribution is 6.13. The van der Waals surface area contributed by atoms with Crippen molar-refractivity contribution in [2.45, 2.75) is 26.5 Å². The van der Waals surface area contributed by atoms with Crippen molar-refractivity contribution in [2.75, 3.05) is 4.90 Å². The summed E-state index contributed by atoms with van der Waals surface area (Å²) in [6, 6.07) is 13.7. The molecule has 0 bridgehead atoms. The van der Waals surface area contributed by atoms with Crippen LogP contribution in [0.2, 0.25) is 0 Å². The molecule has 1 amide bonds. The molecule has 0 saturated heterocycles. The Balaban J connectivity index is 1.58. The molecule has 176 valence electrons. The second kappa shape index (κ2) is 8.75. The number of ether oxygens (including phenoxy) is 1. The first kappa shape index (κ1) is 22.4. The minimum Gasteiger partial charge on any atom is -0.459 e. The molecule has 3 aromatic carbocycles. The number of carbonyl (C=O) groups is 2. The summed E-state index contributed by atoms with van der Waals surface area (Å²) in [6.07, 6.45) is 1.27. The van der Waals surface area contributed by atoms with E-state index < -0.39 is 17.6 Å². The van der Waals surface area contributed by atoms with Crippen molar-refractivity contribution in [3.8, 4) is 22.4 Å². The number of nitrogens with one attached hydrogen (secondary N) is 1. The van der Waals surface area contributed by atoms with E-state index in [0.29, 0.717) is 28.1 Å². The summed E-state index contributed by atoms with van der Waals surface area (Å²) in [4.78, 5) is 27.8. The number of amides is 1. The van der Waals surface area contributed by atoms with E-state index in [0.717, 1.165) is 23.3 Å². The van der Waals surface area contributed by atoms with E-state index >= 15 is 0 Å². The number of hydrogen-bond donors (Lipinski definition) is 1. The van der Waals surface area contributed by atoms with Gasteiger partial charge in [0.25, 0.3) is 5.91 Å². The molecular weight excluding hydrogens is 454 g/mol. The number of carbonyl (C=O) groups excluding carboxylic acids is 2. The maximum Gasteiger partial charge on any atom is 0.340 e. The molecule has 1 aliphatic rings. The molecule has 0 fully saturated rings. The lowest BCUT2D eigenvalue weighted by Gasteiger charge is -2.21. The van der Waals surface area contributed by atoms with Crippen LogP contribution in [0.15, 0.2) is 60.8 Å². The first-order valence-electron chi connectivity index (χ1n) is 10.9. The molecule has 1 aromatic heterocycles. The number of aromatic nitrogens is 3. The largest absolute Gasteiger partial charge is 0.459 e. The van der Waals surface area contributed by atoms with Crippen LogP contribution in [0.1, 0.15) is 40.1 Å². The number of H-pyrrole nitrogens is 1. The third-order valence-electron chi connectivity index (χ3n) is 5.73. The van der Waals surface area contributed by atoms with Crippen LogP contribution in [0.3, 0.4) is 0 Å². The highest BCUT2D eigenvalue weighted by atomic mass is 19.2. The molecule has 9 heteroatoms. The number of fused-ring (bicyclic) bond motifs is 1. The van der Waals surface area contributed by atoms with Gasteiger partial charge in [-0.2, -0.15) is 0 Å². The van der Waals surface area contributed by atoms with E-state index in [4.69, 9.17) is 4.74 Å². The Kier molecular flexibility index (Phi) is 5.60. The van der Waals surface area contributed by atoms with Crippen LogP contribution in [0.5, 0.6) is 0 Å². The molecule has 5 rings (SSSR count). The Morgan fingerprint density at radius 2 is 1.74 bits per heavy atom. The maximum atomic E-state index is 13.9. The van der Waals surface area contributed by atoms with Gasteiger partial charge in [-0.05, 0) is 60.9 Å². The zero-order valence-electron chi connectivity index (χ0n) is 18.9. The highest BCUT2D eigenvalue weighted by Gasteiger charge is 2.32. The number of esters is 1. The van der Waals surface area contributed by atoms with Crippen LogP contribution >= 0.6 is 0 Å². The molecule has 0 spiro atoms. The number of aromatic amines is 1. The number of benzene rings is 3. The van der Waals surface area contributed by atoms with Crippen molar-refractivity contribution >= 4 is 17.6 Å². The van der Waals surface area contributed by atoms with Gasteiger partial charge in [0, 0.05) is 17.3 Å². The summed E-state index contributed by atoms with van der Waals surface area (Å²) < 4.78 is 32.7. The molecule has 0 atom stereocenters. The number of nitrogens with zero attached hydrogens (tertiary/aromatic N) is 3. The standard InChI is InChI=1S/C26H20F2N4O3/c1-14(2)35-26(34)19-7-5-16(15-6-8-21(27)22(28)10-15)11-24(19)32-13-18-4-3-17(9-20(18)25(32)33)23-12-29-31-30-23/h3-12,14H,13H2,1-2H3,(H,29,30,31). The van der Waals surface area contributed by atoms with Gasteiger partial charge < -0.3 is 9.64 Å². The van der Waals surface area contributed by atoms with Crippen LogP contribution < -0.4 is 4.90 Å². The van der Waals surface area contributed by atoms with Gasteiger partial charge in [0.1, 0.15) is 5.69 Å². The minimum absolute atomic E-state index is 0.197. The number of halogens is 2. The molecule has 35 heavy (non-hydrogen) atoms. The van der Waals surface area contributed by atoms with Crippen molar-refractivity contribution in [1.29, 1.82) is 0 Å². The molecule has 2 heterocycles. The van der Waals surface area contributed by atoms with E-state index in [9.17, 15) is 18.4 Å². The smallest absolute Gasteiger partial charge is 0.340 e. The van der Waals surface area contributed by atoms with Gasteiger partial charge in [-0.3, -0.25) is 9.89 Å². The first-order chi connectivity index (χ1) is 16.8. The Hall–Kier alpha value is -4.40. The Morgan fingerprint density at radius 3 is 2.46 bits per heavy atom. The van der Waals surface area contributed by atoms with Gasteiger partial charge in [0.15, 0.2) is 11.6 Å². The summed E-state index contributed by atoms with van der Waals surface area (Å²) in [5, 5.41) is 10.3. The van der Waals surface area contributed by atoms with E-state index in [1.165, 1.54) is 17.0 Å². The molecule has 4 aromatic rings. The lowest BCUT2D eigenvalue weighted by Crippen LogP contribution is -2.26. The Morgan fingerprint density at radius 1 is 1.00 bits per heavy atom. The fraction of sp³-hybridized carbons (Fsp3) is 0.154. The zero-order valence-corrected chi connectivity index (χ0v) is 18.9. The topological polar surface area (TPSA) is 88.2 Å². The van der Waals surface area contributed by atoms with Crippen molar-refractivity contribution in [3.63, 3.8) is 0 Å². The number of anilines is 1. The zero-order chi connectivity index (χ0) is 24.7. The summed E-state index contributed by atoms with van der Waals surface area (Å²) in [5.41, 5.74) is 4.03. The summed E-state index contributed by atoms with van der Waals surface area (Å²) in [5.74, 6) is -2.83. The highest BCUT2D eigenvalue weighted by Crippen LogP contribution is 2.36. The van der Waals surface area contributed by atoms with E-state index in [1.54, 1.807) is 38.2 Å². The quantitative estimate of drug-likeness (QED) is 0.405. The molecule has 7 nitrogen and oxygen atoms in total. The van der Waals surface area contributed by atoms with E-state index in [2.05, 4.69) is 15.4 Å². The lowest BCUT2D eigenvalue weighted by atomic mass is 10.0. The van der Waals surface area contributed by atoms with Crippen molar-refractivity contribution in [2.24, 2.45) is 0 Å². The predicted molar refractivity (Wildman–Crippen MR) is 125 cm³/mol. The third-order valence-corrected chi connectivity index (χ3v) is 5.73. The molecule has 0 unspecified atom stereocenters. The molecule has 0 radical (unpaired) electrons. The Bertz CT molecular complexity index is 1450. The van der Waals surface area contributed by atoms with Crippen LogP contribution in [-0.2, 0) is 11.3 Å². The second-order valence-electron chi connectivity index (χ2n) is 8.44. The second-order valence-corrected chi connectivity index (χ2v) is 8.44. The van der Waals surface area contributed by atoms with Gasteiger partial charge in [-0.1, -0.05) is 29.5 Å². The SMILES string of the molecule is CC(C)OC(=O)c1ccc(-c2ccc(F)c(F)c2)cc1N1Cc2ccc(-c3c[nH]nn3)cc2C1=O. The molecule has 1 aliphatic heterocycles. The number of rotatable bonds is 5. The average Bonchev–Trinajstić information content (AvgIpc) is 3.48. The fourth-order valence-electron chi connectivity index (χ4n) is 4.06. The molecule has 1 N–H and O–H groups in total. The van der Waals surface area contributed by atoms with Gasteiger partial charge in [-0.15, -0.1) is 5.10 Å². The van der Waals surface area contributed by atoms with Crippen molar-refractivity contribution in [1.82, 2.24) is 15.4 Å². The summed E-state index contributed by atoms with van der Waals surface area (Å²) in [7, 11) is 0.